The lowest BCUT2D eigenvalue weighted by Gasteiger charge is -2.33. The van der Waals surface area contributed by atoms with Crippen molar-refractivity contribution in [3.8, 4) is 0 Å². The molecule has 5 nitrogen and oxygen atoms in total. The fourth-order valence-corrected chi connectivity index (χ4v) is 2.08. The molecule has 1 saturated heterocycles. The Labute approximate surface area is 104 Å². The maximum Gasteiger partial charge on any atom is 0.234 e. The fraction of sp³-hybridized carbons (Fsp3) is 0.917. The average molecular weight is 243 g/mol. The van der Waals surface area contributed by atoms with Crippen molar-refractivity contribution in [3.63, 3.8) is 0 Å². The van der Waals surface area contributed by atoms with Crippen LogP contribution in [0.1, 0.15) is 13.8 Å². The third-order valence-electron chi connectivity index (χ3n) is 3.10. The van der Waals surface area contributed by atoms with Crippen LogP contribution in [-0.2, 0) is 9.53 Å². The van der Waals surface area contributed by atoms with Crippen molar-refractivity contribution in [1.82, 2.24) is 15.1 Å². The number of ether oxygens (including phenoxy) is 1. The van der Waals surface area contributed by atoms with Crippen LogP contribution >= 0.6 is 0 Å². The summed E-state index contributed by atoms with van der Waals surface area (Å²) >= 11 is 0. The minimum atomic E-state index is 0.0874. The molecule has 0 radical (unpaired) electrons. The van der Waals surface area contributed by atoms with Crippen molar-refractivity contribution in [3.05, 3.63) is 0 Å². The van der Waals surface area contributed by atoms with Crippen LogP contribution in [0.3, 0.4) is 0 Å². The predicted molar refractivity (Wildman–Crippen MR) is 68.0 cm³/mol. The highest BCUT2D eigenvalue weighted by molar-refractivity contribution is 5.78. The Bertz CT molecular complexity index is 228. The predicted octanol–water partition coefficient (Wildman–Crippen LogP) is -0.225. The van der Waals surface area contributed by atoms with E-state index in [2.05, 4.69) is 22.0 Å². The molecule has 1 amide bonds. The number of nitrogens with zero attached hydrogens (tertiary/aromatic N) is 2. The van der Waals surface area contributed by atoms with E-state index in [1.165, 1.54) is 0 Å². The van der Waals surface area contributed by atoms with E-state index >= 15 is 0 Å². The van der Waals surface area contributed by atoms with Crippen molar-refractivity contribution >= 4 is 5.91 Å². The van der Waals surface area contributed by atoms with Gasteiger partial charge in [0.25, 0.3) is 0 Å². The monoisotopic (exact) mass is 243 g/mol. The summed E-state index contributed by atoms with van der Waals surface area (Å²) in [6.45, 7) is 10.4. The molecular weight excluding hydrogens is 218 g/mol. The molecule has 0 aromatic rings. The molecule has 0 spiro atoms. The highest BCUT2D eigenvalue weighted by Gasteiger charge is 2.18. The Hall–Kier alpha value is -0.650. The Morgan fingerprint density at radius 2 is 1.88 bits per heavy atom. The van der Waals surface area contributed by atoms with Crippen molar-refractivity contribution in [2.45, 2.75) is 19.9 Å². The Balaban J connectivity index is 2.19. The molecule has 1 aliphatic rings. The van der Waals surface area contributed by atoms with Gasteiger partial charge < -0.3 is 15.0 Å². The minimum Gasteiger partial charge on any atom is -0.383 e. The summed E-state index contributed by atoms with van der Waals surface area (Å²) in [6, 6.07) is 0.0874. The van der Waals surface area contributed by atoms with Gasteiger partial charge in [0.05, 0.1) is 13.2 Å². The Morgan fingerprint density at radius 1 is 1.29 bits per heavy atom. The largest absolute Gasteiger partial charge is 0.383 e. The molecule has 0 bridgehead atoms. The van der Waals surface area contributed by atoms with Gasteiger partial charge in [0.15, 0.2) is 0 Å². The van der Waals surface area contributed by atoms with Gasteiger partial charge in [-0.15, -0.1) is 0 Å². The number of rotatable bonds is 6. The first kappa shape index (κ1) is 14.4. The lowest BCUT2D eigenvalue weighted by molar-refractivity contribution is -0.123. The molecule has 1 atom stereocenters. The van der Waals surface area contributed by atoms with Gasteiger partial charge in [-0.3, -0.25) is 9.69 Å². The lowest BCUT2D eigenvalue weighted by atomic mass is 10.3. The number of carbonyl (C=O) groups is 1. The van der Waals surface area contributed by atoms with Gasteiger partial charge in [-0.05, 0) is 13.5 Å². The van der Waals surface area contributed by atoms with Gasteiger partial charge in [0.1, 0.15) is 0 Å². The summed E-state index contributed by atoms with van der Waals surface area (Å²) in [4.78, 5) is 16.3. The fourth-order valence-electron chi connectivity index (χ4n) is 2.08. The topological polar surface area (TPSA) is 44.8 Å². The van der Waals surface area contributed by atoms with Crippen LogP contribution in [0.25, 0.3) is 0 Å². The Morgan fingerprint density at radius 3 is 2.41 bits per heavy atom. The van der Waals surface area contributed by atoms with E-state index in [9.17, 15) is 4.79 Å². The van der Waals surface area contributed by atoms with E-state index in [-0.39, 0.29) is 11.9 Å². The van der Waals surface area contributed by atoms with Crippen LogP contribution < -0.4 is 5.32 Å². The van der Waals surface area contributed by atoms with Gasteiger partial charge in [-0.2, -0.15) is 0 Å². The Kier molecular flexibility index (Phi) is 6.47. The van der Waals surface area contributed by atoms with Gasteiger partial charge >= 0.3 is 0 Å². The smallest absolute Gasteiger partial charge is 0.234 e. The van der Waals surface area contributed by atoms with E-state index in [0.717, 1.165) is 32.7 Å². The molecule has 100 valence electrons. The summed E-state index contributed by atoms with van der Waals surface area (Å²) in [6.07, 6.45) is 0. The quantitative estimate of drug-likeness (QED) is 0.700. The van der Waals surface area contributed by atoms with E-state index in [4.69, 9.17) is 4.74 Å². The van der Waals surface area contributed by atoms with E-state index in [1.807, 2.05) is 6.92 Å². The molecular formula is C12H25N3O2. The molecule has 1 heterocycles. The molecule has 1 aliphatic heterocycles. The molecule has 1 rings (SSSR count). The van der Waals surface area contributed by atoms with Crippen molar-refractivity contribution < 1.29 is 9.53 Å². The number of methoxy groups -OCH3 is 1. The second-order valence-electron chi connectivity index (χ2n) is 4.63. The summed E-state index contributed by atoms with van der Waals surface area (Å²) in [5.74, 6) is 0.0968. The average Bonchev–Trinajstić information content (AvgIpc) is 2.30. The van der Waals surface area contributed by atoms with Crippen LogP contribution in [0.5, 0.6) is 0 Å². The molecule has 1 N–H and O–H groups in total. The van der Waals surface area contributed by atoms with Crippen LogP contribution in [0, 0.1) is 0 Å². The molecule has 1 unspecified atom stereocenters. The summed E-state index contributed by atoms with van der Waals surface area (Å²) in [7, 11) is 1.65. The highest BCUT2D eigenvalue weighted by atomic mass is 16.5. The SMILES string of the molecule is CCN1CCN(CC(=O)NC(C)COC)CC1. The molecule has 1 fully saturated rings. The number of piperazine rings is 1. The van der Waals surface area contributed by atoms with Gasteiger partial charge in [-0.25, -0.2) is 0 Å². The third-order valence-corrected chi connectivity index (χ3v) is 3.10. The maximum absolute atomic E-state index is 11.7. The van der Waals surface area contributed by atoms with E-state index < -0.39 is 0 Å². The number of amides is 1. The number of hydrogen-bond acceptors (Lipinski definition) is 4. The van der Waals surface area contributed by atoms with Gasteiger partial charge in [-0.1, -0.05) is 6.92 Å². The normalized spacial score (nSPS) is 20.2. The first-order valence-corrected chi connectivity index (χ1v) is 6.38. The number of hydrogen-bond donors (Lipinski definition) is 1. The highest BCUT2D eigenvalue weighted by Crippen LogP contribution is 2.00. The molecule has 0 aromatic heterocycles. The van der Waals surface area contributed by atoms with Crippen molar-refractivity contribution in [1.29, 1.82) is 0 Å². The first-order valence-electron chi connectivity index (χ1n) is 6.38. The molecule has 17 heavy (non-hydrogen) atoms. The van der Waals surface area contributed by atoms with Gasteiger partial charge in [0, 0.05) is 39.3 Å². The van der Waals surface area contributed by atoms with Crippen LogP contribution in [0.2, 0.25) is 0 Å². The van der Waals surface area contributed by atoms with Crippen molar-refractivity contribution in [2.24, 2.45) is 0 Å². The summed E-state index contributed by atoms with van der Waals surface area (Å²) < 4.78 is 4.99. The standard InChI is InChI=1S/C12H25N3O2/c1-4-14-5-7-15(8-6-14)9-12(16)13-11(2)10-17-3/h11H,4-10H2,1-3H3,(H,13,16). The molecule has 5 heteroatoms. The van der Waals surface area contributed by atoms with Crippen LogP contribution in [0.4, 0.5) is 0 Å². The van der Waals surface area contributed by atoms with Crippen molar-refractivity contribution in [2.75, 3.05) is 53.0 Å². The van der Waals surface area contributed by atoms with E-state index in [1.54, 1.807) is 7.11 Å². The third kappa shape index (κ3) is 5.48. The van der Waals surface area contributed by atoms with Gasteiger partial charge in [0.2, 0.25) is 5.91 Å². The number of carbonyl (C=O) groups excluding carboxylic acids is 1. The molecule has 0 aliphatic carbocycles. The molecule has 0 saturated carbocycles. The zero-order valence-corrected chi connectivity index (χ0v) is 11.2. The zero-order valence-electron chi connectivity index (χ0n) is 11.2. The first-order chi connectivity index (χ1) is 8.15. The lowest BCUT2D eigenvalue weighted by Crippen LogP contribution is -2.50. The van der Waals surface area contributed by atoms with Crippen LogP contribution in [-0.4, -0.2) is 74.7 Å². The molecule has 0 aromatic carbocycles. The maximum atomic E-state index is 11.7. The second-order valence-corrected chi connectivity index (χ2v) is 4.63. The summed E-state index contributed by atoms with van der Waals surface area (Å²) in [5, 5.41) is 2.93. The number of likely N-dealkylation sites (N-methyl/N-ethyl adjacent to an activating group) is 1. The second kappa shape index (κ2) is 7.63. The summed E-state index contributed by atoms with van der Waals surface area (Å²) in [5.41, 5.74) is 0. The zero-order chi connectivity index (χ0) is 12.7. The minimum absolute atomic E-state index is 0.0874. The number of nitrogens with one attached hydrogen (secondary N) is 1. The van der Waals surface area contributed by atoms with Crippen LogP contribution in [0.15, 0.2) is 0 Å². The van der Waals surface area contributed by atoms with E-state index in [0.29, 0.717) is 13.2 Å².